The third-order valence-corrected chi connectivity index (χ3v) is 4.71. The largest absolute Gasteiger partial charge is 0.378 e. The molecule has 5 nitrogen and oxygen atoms in total. The van der Waals surface area contributed by atoms with Gasteiger partial charge in [-0.1, -0.05) is 44.2 Å². The van der Waals surface area contributed by atoms with Crippen LogP contribution in [0.3, 0.4) is 0 Å². The first kappa shape index (κ1) is 19.4. The molecule has 1 saturated heterocycles. The molecule has 1 heterocycles. The van der Waals surface area contributed by atoms with Crippen molar-refractivity contribution in [1.82, 2.24) is 10.2 Å². The summed E-state index contributed by atoms with van der Waals surface area (Å²) in [5, 5.41) is 3.03. The molecule has 2 amide bonds. The third-order valence-electron chi connectivity index (χ3n) is 4.71. The predicted molar refractivity (Wildman–Crippen MR) is 98.3 cm³/mol. The zero-order valence-corrected chi connectivity index (χ0v) is 15.6. The van der Waals surface area contributed by atoms with Crippen molar-refractivity contribution in [3.8, 4) is 0 Å². The van der Waals surface area contributed by atoms with Crippen molar-refractivity contribution in [2.75, 3.05) is 26.3 Å². The van der Waals surface area contributed by atoms with Gasteiger partial charge in [0.05, 0.1) is 13.2 Å². The Hall–Kier alpha value is -1.88. The van der Waals surface area contributed by atoms with Crippen LogP contribution in [0.4, 0.5) is 0 Å². The van der Waals surface area contributed by atoms with Crippen LogP contribution in [0.25, 0.3) is 0 Å². The maximum Gasteiger partial charge on any atom is 0.223 e. The lowest BCUT2D eigenvalue weighted by Crippen LogP contribution is -2.41. The van der Waals surface area contributed by atoms with Gasteiger partial charge < -0.3 is 15.0 Å². The number of hydrogen-bond donors (Lipinski definition) is 1. The van der Waals surface area contributed by atoms with Crippen LogP contribution in [0.5, 0.6) is 0 Å². The van der Waals surface area contributed by atoms with E-state index < -0.39 is 0 Å². The average molecular weight is 346 g/mol. The molecule has 138 valence electrons. The van der Waals surface area contributed by atoms with Crippen LogP contribution < -0.4 is 5.32 Å². The molecule has 0 aliphatic carbocycles. The second-order valence-electron chi connectivity index (χ2n) is 7.42. The highest BCUT2D eigenvalue weighted by Crippen LogP contribution is 2.28. The van der Waals surface area contributed by atoms with Gasteiger partial charge in [-0.2, -0.15) is 0 Å². The van der Waals surface area contributed by atoms with Gasteiger partial charge in [0.1, 0.15) is 0 Å². The van der Waals surface area contributed by atoms with Crippen LogP contribution >= 0.6 is 0 Å². The van der Waals surface area contributed by atoms with Gasteiger partial charge in [0.2, 0.25) is 11.8 Å². The van der Waals surface area contributed by atoms with Gasteiger partial charge in [-0.05, 0) is 24.3 Å². The minimum absolute atomic E-state index is 0.0163. The number of ether oxygens (including phenoxy) is 1. The van der Waals surface area contributed by atoms with Crippen molar-refractivity contribution in [3.05, 3.63) is 35.9 Å². The van der Waals surface area contributed by atoms with Gasteiger partial charge in [0.25, 0.3) is 0 Å². The number of nitrogens with zero attached hydrogens (tertiary/aromatic N) is 1. The Bertz CT molecular complexity index is 566. The molecule has 1 aromatic rings. The Morgan fingerprint density at radius 2 is 1.80 bits per heavy atom. The molecule has 5 heteroatoms. The van der Waals surface area contributed by atoms with Crippen molar-refractivity contribution >= 4 is 11.8 Å². The van der Waals surface area contributed by atoms with Crippen molar-refractivity contribution in [2.45, 2.75) is 51.5 Å². The number of amides is 2. The van der Waals surface area contributed by atoms with Gasteiger partial charge in [-0.15, -0.1) is 0 Å². The molecule has 1 atom stereocenters. The number of nitrogens with one attached hydrogen (secondary N) is 1. The Morgan fingerprint density at radius 3 is 2.44 bits per heavy atom. The van der Waals surface area contributed by atoms with E-state index in [1.54, 1.807) is 4.90 Å². The quantitative estimate of drug-likeness (QED) is 0.825. The average Bonchev–Trinajstić information content (AvgIpc) is 2.60. The van der Waals surface area contributed by atoms with Gasteiger partial charge in [0, 0.05) is 32.0 Å². The van der Waals surface area contributed by atoms with E-state index in [0.29, 0.717) is 26.3 Å². The van der Waals surface area contributed by atoms with E-state index >= 15 is 0 Å². The molecular weight excluding hydrogens is 316 g/mol. The van der Waals surface area contributed by atoms with Gasteiger partial charge in [0.15, 0.2) is 0 Å². The first-order valence-electron chi connectivity index (χ1n) is 9.09. The summed E-state index contributed by atoms with van der Waals surface area (Å²) >= 11 is 0. The van der Waals surface area contributed by atoms with E-state index in [0.717, 1.165) is 6.42 Å². The maximum absolute atomic E-state index is 12.2. The minimum Gasteiger partial charge on any atom is -0.378 e. The van der Waals surface area contributed by atoms with Crippen LogP contribution in [0, 0.1) is 0 Å². The molecule has 1 fully saturated rings. The van der Waals surface area contributed by atoms with E-state index in [2.05, 4.69) is 31.3 Å². The molecule has 0 radical (unpaired) electrons. The fourth-order valence-electron chi connectivity index (χ4n) is 3.36. The molecule has 0 saturated carbocycles. The summed E-state index contributed by atoms with van der Waals surface area (Å²) in [6.45, 7) is 8.82. The number of rotatable bonds is 7. The van der Waals surface area contributed by atoms with Gasteiger partial charge in [-0.25, -0.2) is 0 Å². The molecule has 1 aliphatic rings. The van der Waals surface area contributed by atoms with Crippen molar-refractivity contribution < 1.29 is 14.3 Å². The molecular formula is C20H30N2O3. The number of morpholine rings is 1. The smallest absolute Gasteiger partial charge is 0.223 e. The highest BCUT2D eigenvalue weighted by molar-refractivity contribution is 5.83. The molecule has 1 N–H and O–H groups in total. The van der Waals surface area contributed by atoms with Crippen LogP contribution in [0.1, 0.15) is 45.6 Å². The molecule has 1 aromatic carbocycles. The van der Waals surface area contributed by atoms with Gasteiger partial charge in [-0.3, -0.25) is 9.59 Å². The van der Waals surface area contributed by atoms with E-state index in [4.69, 9.17) is 4.74 Å². The number of carbonyl (C=O) groups excluding carboxylic acids is 2. The summed E-state index contributed by atoms with van der Waals surface area (Å²) in [5.74, 6) is -0.0197. The van der Waals surface area contributed by atoms with Crippen LogP contribution in [0.15, 0.2) is 30.3 Å². The van der Waals surface area contributed by atoms with Crippen LogP contribution in [-0.2, 0) is 19.7 Å². The zero-order valence-electron chi connectivity index (χ0n) is 15.6. The van der Waals surface area contributed by atoms with Crippen molar-refractivity contribution in [1.29, 1.82) is 0 Å². The third kappa shape index (κ3) is 6.16. The fraction of sp³-hybridized carbons (Fsp3) is 0.600. The summed E-state index contributed by atoms with van der Waals surface area (Å²) in [7, 11) is 0. The Kier molecular flexibility index (Phi) is 7.00. The standard InChI is InChI=1S/C20H30N2O3/c1-16(15-20(2,3)17-7-5-4-6-8-17)21-18(23)9-10-19(24)22-11-13-25-14-12-22/h4-8,16H,9-15H2,1-3H3,(H,21,23). The van der Waals surface area contributed by atoms with E-state index in [-0.39, 0.29) is 36.1 Å². The fourth-order valence-corrected chi connectivity index (χ4v) is 3.36. The Morgan fingerprint density at radius 1 is 1.16 bits per heavy atom. The van der Waals surface area contributed by atoms with E-state index in [1.165, 1.54) is 5.56 Å². The molecule has 1 unspecified atom stereocenters. The maximum atomic E-state index is 12.2. The van der Waals surface area contributed by atoms with Crippen molar-refractivity contribution in [2.24, 2.45) is 0 Å². The topological polar surface area (TPSA) is 58.6 Å². The minimum atomic E-state index is -0.0574. The van der Waals surface area contributed by atoms with Gasteiger partial charge >= 0.3 is 0 Å². The lowest BCUT2D eigenvalue weighted by atomic mass is 9.79. The van der Waals surface area contributed by atoms with E-state index in [9.17, 15) is 9.59 Å². The van der Waals surface area contributed by atoms with E-state index in [1.807, 2.05) is 25.1 Å². The highest BCUT2D eigenvalue weighted by Gasteiger charge is 2.24. The number of hydrogen-bond acceptors (Lipinski definition) is 3. The van der Waals surface area contributed by atoms with Crippen LogP contribution in [-0.4, -0.2) is 49.1 Å². The normalized spacial score (nSPS) is 16.4. The first-order chi connectivity index (χ1) is 11.9. The summed E-state index contributed by atoms with van der Waals surface area (Å²) in [6, 6.07) is 10.4. The SMILES string of the molecule is CC(CC(C)(C)c1ccccc1)NC(=O)CCC(=O)N1CCOCC1. The lowest BCUT2D eigenvalue weighted by molar-refractivity contribution is -0.137. The second-order valence-corrected chi connectivity index (χ2v) is 7.42. The van der Waals surface area contributed by atoms with Crippen LogP contribution in [0.2, 0.25) is 0 Å². The molecule has 0 aromatic heterocycles. The number of carbonyl (C=O) groups is 2. The second kappa shape index (κ2) is 8.99. The molecule has 0 spiro atoms. The summed E-state index contributed by atoms with van der Waals surface area (Å²) in [4.78, 5) is 26.0. The molecule has 0 bridgehead atoms. The molecule has 1 aliphatic heterocycles. The highest BCUT2D eigenvalue weighted by atomic mass is 16.5. The predicted octanol–water partition coefficient (Wildman–Crippen LogP) is 2.50. The van der Waals surface area contributed by atoms with Crippen molar-refractivity contribution in [3.63, 3.8) is 0 Å². The Labute approximate surface area is 150 Å². The number of benzene rings is 1. The summed E-state index contributed by atoms with van der Waals surface area (Å²) in [5.41, 5.74) is 1.25. The molecule has 2 rings (SSSR count). The lowest BCUT2D eigenvalue weighted by Gasteiger charge is -2.29. The first-order valence-corrected chi connectivity index (χ1v) is 9.09. The Balaban J connectivity index is 1.75. The summed E-state index contributed by atoms with van der Waals surface area (Å²) in [6.07, 6.45) is 1.35. The summed E-state index contributed by atoms with van der Waals surface area (Å²) < 4.78 is 5.24. The monoisotopic (exact) mass is 346 g/mol. The molecule has 25 heavy (non-hydrogen) atoms. The zero-order chi connectivity index (χ0) is 18.3.